The zero-order valence-electron chi connectivity index (χ0n) is 13.5. The maximum absolute atomic E-state index is 12.3. The van der Waals surface area contributed by atoms with Crippen molar-refractivity contribution in [2.45, 2.75) is 25.8 Å². The number of amides is 1. The Morgan fingerprint density at radius 2 is 1.87 bits per heavy atom. The summed E-state index contributed by atoms with van der Waals surface area (Å²) in [5, 5.41) is 0. The molecule has 1 aromatic carbocycles. The lowest BCUT2D eigenvalue weighted by Crippen LogP contribution is -2.29. The molecule has 2 aromatic rings. The summed E-state index contributed by atoms with van der Waals surface area (Å²) in [5.41, 5.74) is 2.77. The smallest absolute Gasteiger partial charge is 0.274 e. The van der Waals surface area contributed by atoms with Crippen LogP contribution in [0, 0.1) is 0 Å². The number of hydrogen-bond donors (Lipinski definition) is 0. The van der Waals surface area contributed by atoms with Gasteiger partial charge < -0.3 is 9.80 Å². The average Bonchev–Trinajstić information content (AvgIpc) is 2.63. The van der Waals surface area contributed by atoms with Gasteiger partial charge in [0.25, 0.3) is 5.91 Å². The Morgan fingerprint density at radius 1 is 1.13 bits per heavy atom. The average molecular weight is 310 g/mol. The Bertz CT molecular complexity index is 636. The van der Waals surface area contributed by atoms with Gasteiger partial charge in [-0.05, 0) is 37.0 Å². The molecular weight excluding hydrogens is 288 g/mol. The van der Waals surface area contributed by atoms with Crippen molar-refractivity contribution in [1.82, 2.24) is 14.9 Å². The quantitative estimate of drug-likeness (QED) is 0.871. The Labute approximate surface area is 137 Å². The van der Waals surface area contributed by atoms with Crippen molar-refractivity contribution in [2.24, 2.45) is 0 Å². The number of carbonyl (C=O) groups excluding carboxylic acids is 1. The third kappa shape index (κ3) is 3.86. The molecule has 0 bridgehead atoms. The predicted octanol–water partition coefficient (Wildman–Crippen LogP) is 2.74. The number of hydrogen-bond acceptors (Lipinski definition) is 4. The molecule has 1 aliphatic rings. The molecule has 1 fully saturated rings. The van der Waals surface area contributed by atoms with Crippen LogP contribution in [0.15, 0.2) is 42.9 Å². The lowest BCUT2D eigenvalue weighted by Gasteiger charge is -2.29. The van der Waals surface area contributed by atoms with E-state index in [0.29, 0.717) is 12.2 Å². The normalized spacial score (nSPS) is 14.6. The van der Waals surface area contributed by atoms with Crippen molar-refractivity contribution >= 4 is 11.6 Å². The summed E-state index contributed by atoms with van der Waals surface area (Å²) < 4.78 is 0. The number of nitrogens with zero attached hydrogens (tertiary/aromatic N) is 4. The Hall–Kier alpha value is -2.43. The molecule has 1 saturated heterocycles. The van der Waals surface area contributed by atoms with Crippen LogP contribution in [0.3, 0.4) is 0 Å². The molecule has 0 atom stereocenters. The van der Waals surface area contributed by atoms with E-state index >= 15 is 0 Å². The van der Waals surface area contributed by atoms with E-state index in [-0.39, 0.29) is 5.91 Å². The number of rotatable bonds is 4. The summed E-state index contributed by atoms with van der Waals surface area (Å²) in [6.45, 7) is 2.85. The summed E-state index contributed by atoms with van der Waals surface area (Å²) >= 11 is 0. The van der Waals surface area contributed by atoms with Crippen molar-refractivity contribution < 1.29 is 4.79 Å². The van der Waals surface area contributed by atoms with Gasteiger partial charge in [-0.15, -0.1) is 0 Å². The second-order valence-electron chi connectivity index (χ2n) is 5.97. The fourth-order valence-electron chi connectivity index (χ4n) is 2.92. The number of piperidine rings is 1. The van der Waals surface area contributed by atoms with Crippen LogP contribution in [-0.2, 0) is 6.54 Å². The van der Waals surface area contributed by atoms with E-state index in [1.54, 1.807) is 18.1 Å². The van der Waals surface area contributed by atoms with Crippen molar-refractivity contribution in [1.29, 1.82) is 0 Å². The Morgan fingerprint density at radius 3 is 2.52 bits per heavy atom. The van der Waals surface area contributed by atoms with Gasteiger partial charge in [0.05, 0.1) is 6.20 Å². The molecule has 0 saturated carbocycles. The fourth-order valence-corrected chi connectivity index (χ4v) is 2.92. The molecule has 5 nitrogen and oxygen atoms in total. The summed E-state index contributed by atoms with van der Waals surface area (Å²) in [6.07, 6.45) is 8.49. The van der Waals surface area contributed by atoms with Crippen molar-refractivity contribution in [3.05, 3.63) is 54.1 Å². The third-order valence-electron chi connectivity index (χ3n) is 4.21. The van der Waals surface area contributed by atoms with Gasteiger partial charge >= 0.3 is 0 Å². The van der Waals surface area contributed by atoms with Crippen molar-refractivity contribution in [3.63, 3.8) is 0 Å². The molecule has 1 aromatic heterocycles. The van der Waals surface area contributed by atoms with E-state index in [2.05, 4.69) is 39.1 Å². The topological polar surface area (TPSA) is 49.3 Å². The van der Waals surface area contributed by atoms with Gasteiger partial charge in [-0.25, -0.2) is 4.98 Å². The van der Waals surface area contributed by atoms with Crippen LogP contribution >= 0.6 is 0 Å². The minimum atomic E-state index is -0.113. The van der Waals surface area contributed by atoms with Crippen LogP contribution < -0.4 is 4.90 Å². The first kappa shape index (κ1) is 15.5. The van der Waals surface area contributed by atoms with Crippen molar-refractivity contribution in [3.8, 4) is 0 Å². The molecule has 1 aliphatic heterocycles. The fraction of sp³-hybridized carbons (Fsp3) is 0.389. The van der Waals surface area contributed by atoms with Gasteiger partial charge in [-0.2, -0.15) is 0 Å². The number of aromatic nitrogens is 2. The first-order chi connectivity index (χ1) is 11.2. The number of carbonyl (C=O) groups is 1. The van der Waals surface area contributed by atoms with Crippen LogP contribution in [0.25, 0.3) is 0 Å². The summed E-state index contributed by atoms with van der Waals surface area (Å²) in [5.74, 6) is -0.113. The van der Waals surface area contributed by atoms with Crippen LogP contribution in [0.2, 0.25) is 0 Å². The van der Waals surface area contributed by atoms with Crippen LogP contribution in [0.5, 0.6) is 0 Å². The molecule has 0 aliphatic carbocycles. The Kier molecular flexibility index (Phi) is 4.86. The predicted molar refractivity (Wildman–Crippen MR) is 90.3 cm³/mol. The highest BCUT2D eigenvalue weighted by molar-refractivity contribution is 5.91. The Balaban J connectivity index is 1.62. The van der Waals surface area contributed by atoms with Gasteiger partial charge in [0.2, 0.25) is 0 Å². The van der Waals surface area contributed by atoms with E-state index in [9.17, 15) is 4.79 Å². The minimum absolute atomic E-state index is 0.113. The highest BCUT2D eigenvalue weighted by Gasteiger charge is 2.14. The lowest BCUT2D eigenvalue weighted by molar-refractivity contribution is 0.0779. The lowest BCUT2D eigenvalue weighted by atomic mass is 10.1. The molecule has 0 radical (unpaired) electrons. The highest BCUT2D eigenvalue weighted by Crippen LogP contribution is 2.20. The molecule has 0 N–H and O–H groups in total. The molecule has 1 amide bonds. The molecule has 0 spiro atoms. The van der Waals surface area contributed by atoms with E-state index in [1.165, 1.54) is 37.3 Å². The SMILES string of the molecule is CN(Cc1ccc(N2CCCCC2)cc1)C(=O)c1cnccn1. The van der Waals surface area contributed by atoms with Crippen LogP contribution in [-0.4, -0.2) is 40.9 Å². The van der Waals surface area contributed by atoms with Gasteiger partial charge in [0.1, 0.15) is 5.69 Å². The van der Waals surface area contributed by atoms with Gasteiger partial charge in [0.15, 0.2) is 0 Å². The summed E-state index contributed by atoms with van der Waals surface area (Å²) in [7, 11) is 1.79. The third-order valence-corrected chi connectivity index (χ3v) is 4.21. The van der Waals surface area contributed by atoms with E-state index < -0.39 is 0 Å². The maximum atomic E-state index is 12.3. The maximum Gasteiger partial charge on any atom is 0.274 e. The van der Waals surface area contributed by atoms with Gasteiger partial charge in [0, 0.05) is 44.8 Å². The molecule has 2 heterocycles. The molecule has 23 heavy (non-hydrogen) atoms. The largest absolute Gasteiger partial charge is 0.372 e. The first-order valence-electron chi connectivity index (χ1n) is 8.09. The zero-order chi connectivity index (χ0) is 16.1. The first-order valence-corrected chi connectivity index (χ1v) is 8.09. The zero-order valence-corrected chi connectivity index (χ0v) is 13.5. The molecule has 0 unspecified atom stereocenters. The molecule has 5 heteroatoms. The van der Waals surface area contributed by atoms with Gasteiger partial charge in [-0.3, -0.25) is 9.78 Å². The summed E-state index contributed by atoms with van der Waals surface area (Å²) in [6, 6.07) is 8.51. The molecule has 120 valence electrons. The summed E-state index contributed by atoms with van der Waals surface area (Å²) in [4.78, 5) is 24.4. The number of anilines is 1. The second-order valence-corrected chi connectivity index (χ2v) is 5.97. The second kappa shape index (κ2) is 7.22. The van der Waals surface area contributed by atoms with E-state index in [0.717, 1.165) is 18.7 Å². The minimum Gasteiger partial charge on any atom is -0.372 e. The van der Waals surface area contributed by atoms with E-state index in [1.807, 2.05) is 0 Å². The number of benzene rings is 1. The van der Waals surface area contributed by atoms with Gasteiger partial charge in [-0.1, -0.05) is 12.1 Å². The molecule has 3 rings (SSSR count). The van der Waals surface area contributed by atoms with Crippen molar-refractivity contribution in [2.75, 3.05) is 25.0 Å². The van der Waals surface area contributed by atoms with Crippen LogP contribution in [0.1, 0.15) is 35.3 Å². The standard InChI is InChI=1S/C18H22N4O/c1-21(18(23)17-13-19-9-10-20-17)14-15-5-7-16(8-6-15)22-11-3-2-4-12-22/h5-10,13H,2-4,11-12,14H2,1H3. The van der Waals surface area contributed by atoms with E-state index in [4.69, 9.17) is 0 Å². The molecular formula is C18H22N4O. The monoisotopic (exact) mass is 310 g/mol. The van der Waals surface area contributed by atoms with Crippen LogP contribution in [0.4, 0.5) is 5.69 Å². The highest BCUT2D eigenvalue weighted by atomic mass is 16.2.